The first-order valence-electron chi connectivity index (χ1n) is 8.09. The highest BCUT2D eigenvalue weighted by Crippen LogP contribution is 2.27. The molecule has 0 spiro atoms. The summed E-state index contributed by atoms with van der Waals surface area (Å²) in [6, 6.07) is 10.7. The fraction of sp³-hybridized carbons (Fsp3) is 0.667. The molecule has 0 amide bonds. The van der Waals surface area contributed by atoms with E-state index >= 15 is 0 Å². The molecule has 1 aromatic rings. The maximum Gasteiger partial charge on any atom is 0.0473 e. The molecular formula is C18H30N2. The predicted molar refractivity (Wildman–Crippen MR) is 87.1 cm³/mol. The molecule has 112 valence electrons. The topological polar surface area (TPSA) is 15.3 Å². The SMILES string of the molecule is CNC(c1ccc(C)cc1)C(C)N(C)C1CCCCC1. The molecule has 0 radical (unpaired) electrons. The molecule has 2 unspecified atom stereocenters. The summed E-state index contributed by atoms with van der Waals surface area (Å²) in [6.45, 7) is 4.51. The van der Waals surface area contributed by atoms with Crippen LogP contribution in [0.25, 0.3) is 0 Å². The van der Waals surface area contributed by atoms with Gasteiger partial charge in [-0.2, -0.15) is 0 Å². The lowest BCUT2D eigenvalue weighted by Gasteiger charge is -2.39. The molecule has 0 aliphatic heterocycles. The number of hydrogen-bond donors (Lipinski definition) is 1. The Morgan fingerprint density at radius 3 is 2.25 bits per heavy atom. The van der Waals surface area contributed by atoms with Gasteiger partial charge in [0.2, 0.25) is 0 Å². The van der Waals surface area contributed by atoms with E-state index in [2.05, 4.69) is 62.4 Å². The van der Waals surface area contributed by atoms with Crippen molar-refractivity contribution >= 4 is 0 Å². The van der Waals surface area contributed by atoms with Crippen LogP contribution in [-0.4, -0.2) is 31.1 Å². The maximum absolute atomic E-state index is 3.52. The molecule has 2 nitrogen and oxygen atoms in total. The minimum absolute atomic E-state index is 0.405. The number of hydrogen-bond acceptors (Lipinski definition) is 2. The van der Waals surface area contributed by atoms with Gasteiger partial charge in [0, 0.05) is 18.1 Å². The van der Waals surface area contributed by atoms with Gasteiger partial charge in [-0.25, -0.2) is 0 Å². The zero-order valence-corrected chi connectivity index (χ0v) is 13.5. The summed E-state index contributed by atoms with van der Waals surface area (Å²) < 4.78 is 0. The van der Waals surface area contributed by atoms with Crippen LogP contribution >= 0.6 is 0 Å². The number of nitrogens with zero attached hydrogens (tertiary/aromatic N) is 1. The molecule has 20 heavy (non-hydrogen) atoms. The number of rotatable bonds is 5. The Balaban J connectivity index is 2.07. The van der Waals surface area contributed by atoms with Gasteiger partial charge in [0.25, 0.3) is 0 Å². The van der Waals surface area contributed by atoms with Crippen molar-refractivity contribution in [3.63, 3.8) is 0 Å². The summed E-state index contributed by atoms with van der Waals surface area (Å²) in [7, 11) is 4.38. The van der Waals surface area contributed by atoms with E-state index in [-0.39, 0.29) is 0 Å². The minimum Gasteiger partial charge on any atom is -0.312 e. The van der Waals surface area contributed by atoms with E-state index in [0.717, 1.165) is 6.04 Å². The molecule has 1 aliphatic rings. The van der Waals surface area contributed by atoms with E-state index in [0.29, 0.717) is 12.1 Å². The van der Waals surface area contributed by atoms with Crippen molar-refractivity contribution in [2.45, 2.75) is 64.1 Å². The average molecular weight is 274 g/mol. The first-order valence-corrected chi connectivity index (χ1v) is 8.09. The zero-order valence-electron chi connectivity index (χ0n) is 13.5. The smallest absolute Gasteiger partial charge is 0.0473 e. The molecule has 1 saturated carbocycles. The lowest BCUT2D eigenvalue weighted by molar-refractivity contribution is 0.122. The van der Waals surface area contributed by atoms with Crippen LogP contribution < -0.4 is 5.32 Å². The largest absolute Gasteiger partial charge is 0.312 e. The molecule has 0 saturated heterocycles. The van der Waals surface area contributed by atoms with Gasteiger partial charge in [-0.3, -0.25) is 4.90 Å². The second-order valence-corrected chi connectivity index (χ2v) is 6.37. The van der Waals surface area contributed by atoms with Gasteiger partial charge in [0.1, 0.15) is 0 Å². The number of nitrogens with one attached hydrogen (secondary N) is 1. The highest BCUT2D eigenvalue weighted by Gasteiger charge is 2.27. The summed E-state index contributed by atoms with van der Waals surface area (Å²) in [6.07, 6.45) is 6.95. The second kappa shape index (κ2) is 7.24. The van der Waals surface area contributed by atoms with Crippen molar-refractivity contribution in [1.29, 1.82) is 0 Å². The van der Waals surface area contributed by atoms with Crippen molar-refractivity contribution < 1.29 is 0 Å². The van der Waals surface area contributed by atoms with Crippen molar-refractivity contribution in [3.05, 3.63) is 35.4 Å². The molecule has 1 aliphatic carbocycles. The van der Waals surface area contributed by atoms with Gasteiger partial charge in [-0.1, -0.05) is 49.1 Å². The molecule has 0 aromatic heterocycles. The summed E-state index contributed by atoms with van der Waals surface area (Å²) >= 11 is 0. The molecule has 1 aromatic carbocycles. The summed E-state index contributed by atoms with van der Waals surface area (Å²) in [4.78, 5) is 2.60. The quantitative estimate of drug-likeness (QED) is 0.876. The second-order valence-electron chi connectivity index (χ2n) is 6.37. The Hall–Kier alpha value is -0.860. The van der Waals surface area contributed by atoms with Crippen molar-refractivity contribution in [1.82, 2.24) is 10.2 Å². The number of aryl methyl sites for hydroxylation is 1. The number of likely N-dealkylation sites (N-methyl/N-ethyl adjacent to an activating group) is 2. The van der Waals surface area contributed by atoms with E-state index < -0.39 is 0 Å². The number of benzene rings is 1. The third-order valence-corrected chi connectivity index (χ3v) is 5.02. The van der Waals surface area contributed by atoms with Gasteiger partial charge in [0.15, 0.2) is 0 Å². The normalized spacial score (nSPS) is 20.1. The maximum atomic E-state index is 3.52. The van der Waals surface area contributed by atoms with Crippen molar-refractivity contribution in [3.8, 4) is 0 Å². The average Bonchev–Trinajstić information content (AvgIpc) is 2.50. The summed E-state index contributed by atoms with van der Waals surface area (Å²) in [5.74, 6) is 0. The van der Waals surface area contributed by atoms with Gasteiger partial charge in [0.05, 0.1) is 0 Å². The van der Waals surface area contributed by atoms with Gasteiger partial charge in [-0.05, 0) is 46.3 Å². The Labute approximate surface area is 124 Å². The molecule has 1 fully saturated rings. The fourth-order valence-electron chi connectivity index (χ4n) is 3.52. The van der Waals surface area contributed by atoms with Crippen LogP contribution in [0, 0.1) is 6.92 Å². The van der Waals surface area contributed by atoms with Crippen LogP contribution in [0.15, 0.2) is 24.3 Å². The highest BCUT2D eigenvalue weighted by atomic mass is 15.2. The van der Waals surface area contributed by atoms with Crippen LogP contribution in [0.4, 0.5) is 0 Å². The first kappa shape index (κ1) is 15.5. The molecule has 2 atom stereocenters. The lowest BCUT2D eigenvalue weighted by atomic mass is 9.91. The molecule has 0 heterocycles. The van der Waals surface area contributed by atoms with Crippen molar-refractivity contribution in [2.75, 3.05) is 14.1 Å². The minimum atomic E-state index is 0.405. The van der Waals surface area contributed by atoms with E-state index in [1.807, 2.05) is 0 Å². The van der Waals surface area contributed by atoms with Gasteiger partial charge in [-0.15, -0.1) is 0 Å². The van der Waals surface area contributed by atoms with Crippen LogP contribution in [-0.2, 0) is 0 Å². The lowest BCUT2D eigenvalue weighted by Crippen LogP contribution is -2.45. The Morgan fingerprint density at radius 1 is 1.10 bits per heavy atom. The third-order valence-electron chi connectivity index (χ3n) is 5.02. The standard InChI is InChI=1S/C18H30N2/c1-14-10-12-16(13-11-14)18(19-3)15(2)20(4)17-8-6-5-7-9-17/h10-13,15,17-19H,5-9H2,1-4H3. The van der Waals surface area contributed by atoms with Crippen LogP contribution in [0.5, 0.6) is 0 Å². The Bertz CT molecular complexity index is 392. The molecule has 2 rings (SSSR count). The molecule has 1 N–H and O–H groups in total. The summed E-state index contributed by atoms with van der Waals surface area (Å²) in [5.41, 5.74) is 2.73. The highest BCUT2D eigenvalue weighted by molar-refractivity contribution is 5.25. The Kier molecular flexibility index (Phi) is 5.62. The third kappa shape index (κ3) is 3.62. The molecule has 2 heteroatoms. The zero-order chi connectivity index (χ0) is 14.5. The monoisotopic (exact) mass is 274 g/mol. The predicted octanol–water partition coefficient (Wildman–Crippen LogP) is 3.91. The van der Waals surface area contributed by atoms with E-state index in [1.54, 1.807) is 0 Å². The molecular weight excluding hydrogens is 244 g/mol. The van der Waals surface area contributed by atoms with E-state index in [4.69, 9.17) is 0 Å². The Morgan fingerprint density at radius 2 is 1.70 bits per heavy atom. The fourth-order valence-corrected chi connectivity index (χ4v) is 3.52. The van der Waals surface area contributed by atoms with Crippen LogP contribution in [0.1, 0.15) is 56.2 Å². The van der Waals surface area contributed by atoms with Crippen LogP contribution in [0.3, 0.4) is 0 Å². The van der Waals surface area contributed by atoms with E-state index in [9.17, 15) is 0 Å². The van der Waals surface area contributed by atoms with E-state index in [1.165, 1.54) is 43.2 Å². The molecule has 0 bridgehead atoms. The van der Waals surface area contributed by atoms with Crippen molar-refractivity contribution in [2.24, 2.45) is 0 Å². The van der Waals surface area contributed by atoms with Crippen LogP contribution in [0.2, 0.25) is 0 Å². The summed E-state index contributed by atoms with van der Waals surface area (Å²) in [5, 5.41) is 3.52. The first-order chi connectivity index (χ1) is 9.63. The van der Waals surface area contributed by atoms with Gasteiger partial charge < -0.3 is 5.32 Å². The van der Waals surface area contributed by atoms with Gasteiger partial charge >= 0.3 is 0 Å².